The van der Waals surface area contributed by atoms with Crippen LogP contribution < -0.4 is 5.32 Å². The van der Waals surface area contributed by atoms with E-state index < -0.39 is 14.4 Å². The lowest BCUT2D eigenvalue weighted by Crippen LogP contribution is -2.55. The second-order valence-electron chi connectivity index (χ2n) is 9.00. The number of carbonyl (C=O) groups excluding carboxylic acids is 2. The predicted octanol–water partition coefficient (Wildman–Crippen LogP) is 5.16. The molecule has 0 aliphatic carbocycles. The maximum absolute atomic E-state index is 13.1. The highest BCUT2D eigenvalue weighted by atomic mass is 32.2. The van der Waals surface area contributed by atoms with Crippen molar-refractivity contribution in [2.24, 2.45) is 5.92 Å². The van der Waals surface area contributed by atoms with E-state index in [0.717, 1.165) is 22.2 Å². The van der Waals surface area contributed by atoms with Gasteiger partial charge in [-0.05, 0) is 54.9 Å². The lowest BCUT2D eigenvalue weighted by Gasteiger charge is -2.42. The maximum Gasteiger partial charge on any atom is 0.218 e. The van der Waals surface area contributed by atoms with Crippen molar-refractivity contribution in [2.45, 2.75) is 83.6 Å². The number of amides is 1. The third-order valence-electron chi connectivity index (χ3n) is 5.07. The van der Waals surface area contributed by atoms with E-state index in [1.165, 1.54) is 6.92 Å². The molecular weight excluding hydrogens is 374 g/mol. The second kappa shape index (κ2) is 9.39. The van der Waals surface area contributed by atoms with E-state index in [4.69, 9.17) is 4.43 Å². The fraction of sp³-hybridized carbons (Fsp3) is 0.619. The second-order valence-corrected chi connectivity index (χ2v) is 14.8. The molecule has 0 heterocycles. The van der Waals surface area contributed by atoms with Crippen LogP contribution in [0.1, 0.15) is 47.1 Å². The fourth-order valence-electron chi connectivity index (χ4n) is 2.39. The van der Waals surface area contributed by atoms with Gasteiger partial charge in [0, 0.05) is 11.8 Å². The zero-order valence-electron chi connectivity index (χ0n) is 18.2. The lowest BCUT2D eigenvalue weighted by molar-refractivity contribution is -0.125. The van der Waals surface area contributed by atoms with Crippen molar-refractivity contribution in [1.29, 1.82) is 0 Å². The molecule has 0 fully saturated rings. The molecule has 0 spiro atoms. The van der Waals surface area contributed by atoms with E-state index >= 15 is 0 Å². The monoisotopic (exact) mass is 409 g/mol. The third-order valence-corrected chi connectivity index (χ3v) is 10.5. The quantitative estimate of drug-likeness (QED) is 0.499. The van der Waals surface area contributed by atoms with Gasteiger partial charge in [-0.1, -0.05) is 52.3 Å². The molecule has 0 aromatic heterocycles. The highest BCUT2D eigenvalue weighted by Gasteiger charge is 2.43. The van der Waals surface area contributed by atoms with Crippen LogP contribution in [-0.2, 0) is 14.0 Å². The predicted molar refractivity (Wildman–Crippen MR) is 117 cm³/mol. The Bertz CT molecular complexity index is 650. The van der Waals surface area contributed by atoms with Crippen LogP contribution in [0.5, 0.6) is 0 Å². The summed E-state index contributed by atoms with van der Waals surface area (Å²) in [7, 11) is -2.10. The molecule has 1 rings (SSSR count). The van der Waals surface area contributed by atoms with Crippen LogP contribution in [0.25, 0.3) is 0 Å². The smallest absolute Gasteiger partial charge is 0.218 e. The van der Waals surface area contributed by atoms with Crippen molar-refractivity contribution < 1.29 is 14.0 Å². The van der Waals surface area contributed by atoms with Gasteiger partial charge in [-0.2, -0.15) is 0 Å². The van der Waals surface area contributed by atoms with Crippen LogP contribution >= 0.6 is 11.8 Å². The molecule has 0 aliphatic heterocycles. The van der Waals surface area contributed by atoms with Crippen LogP contribution in [0.4, 0.5) is 0 Å². The molecule has 0 radical (unpaired) electrons. The largest absolute Gasteiger partial charge is 0.411 e. The van der Waals surface area contributed by atoms with Crippen LogP contribution in [0.2, 0.25) is 18.1 Å². The Kier molecular flexibility index (Phi) is 8.32. The average Bonchev–Trinajstić information content (AvgIpc) is 2.51. The van der Waals surface area contributed by atoms with Gasteiger partial charge in [-0.3, -0.25) is 9.59 Å². The molecule has 1 aromatic rings. The first-order chi connectivity index (χ1) is 12.2. The Morgan fingerprint density at radius 3 is 2.04 bits per heavy atom. The molecule has 152 valence electrons. The van der Waals surface area contributed by atoms with E-state index in [9.17, 15) is 9.59 Å². The minimum Gasteiger partial charge on any atom is -0.411 e. The molecule has 0 bridgehead atoms. The van der Waals surface area contributed by atoms with Crippen molar-refractivity contribution in [2.75, 3.05) is 0 Å². The third kappa shape index (κ3) is 7.09. The summed E-state index contributed by atoms with van der Waals surface area (Å²) >= 11 is 1.16. The van der Waals surface area contributed by atoms with E-state index in [2.05, 4.69) is 39.2 Å². The molecule has 6 heteroatoms. The van der Waals surface area contributed by atoms with E-state index in [1.54, 1.807) is 0 Å². The Balaban J connectivity index is 3.13. The molecular formula is C21H35NO3SSi. The molecule has 4 nitrogen and oxygen atoms in total. The number of benzene rings is 1. The summed E-state index contributed by atoms with van der Waals surface area (Å²) < 4.78 is 6.59. The highest BCUT2D eigenvalue weighted by Crippen LogP contribution is 2.39. The van der Waals surface area contributed by atoms with Crippen LogP contribution in [0.3, 0.4) is 0 Å². The summed E-state index contributed by atoms with van der Waals surface area (Å²) in [5.41, 5.74) is 1.14. The number of hydrogen-bond donors (Lipinski definition) is 1. The number of aryl methyl sites for hydroxylation is 1. The van der Waals surface area contributed by atoms with E-state index in [-0.39, 0.29) is 28.1 Å². The van der Waals surface area contributed by atoms with Gasteiger partial charge in [-0.25, -0.2) is 0 Å². The van der Waals surface area contributed by atoms with Gasteiger partial charge in [0.15, 0.2) is 8.32 Å². The van der Waals surface area contributed by atoms with Crippen molar-refractivity contribution >= 4 is 31.1 Å². The van der Waals surface area contributed by atoms with Crippen LogP contribution in [0, 0.1) is 12.8 Å². The van der Waals surface area contributed by atoms with Gasteiger partial charge in [0.25, 0.3) is 0 Å². The zero-order valence-corrected chi connectivity index (χ0v) is 20.0. The zero-order chi connectivity index (χ0) is 21.0. The summed E-state index contributed by atoms with van der Waals surface area (Å²) in [6, 6.07) is 7.15. The molecule has 0 unspecified atom stereocenters. The van der Waals surface area contributed by atoms with Gasteiger partial charge in [0.05, 0.1) is 6.10 Å². The average molecular weight is 410 g/mol. The molecule has 0 aliphatic rings. The number of hydrogen-bond acceptors (Lipinski definition) is 4. The number of rotatable bonds is 7. The standard InChI is InChI=1S/C21H35NO3SSi/c1-14(2)19(25-27(8,9)21(5,6)7)18(22-16(4)23)20(24)26-17-12-10-15(3)11-13-17/h10-14,18-19H,1-9H3,(H,22,23)/t18-,19+/m1/s1. The molecule has 0 saturated carbocycles. The Hall–Kier alpha value is -1.11. The Labute approximate surface area is 170 Å². The van der Waals surface area contributed by atoms with Crippen LogP contribution in [0.15, 0.2) is 29.2 Å². The first-order valence-corrected chi connectivity index (χ1v) is 13.2. The topological polar surface area (TPSA) is 55.4 Å². The molecule has 0 saturated heterocycles. The van der Waals surface area contributed by atoms with Crippen LogP contribution in [-0.4, -0.2) is 31.5 Å². The van der Waals surface area contributed by atoms with Crippen molar-refractivity contribution in [3.8, 4) is 0 Å². The summed E-state index contributed by atoms with van der Waals surface area (Å²) in [6.07, 6.45) is -0.361. The van der Waals surface area contributed by atoms with E-state index in [0.29, 0.717) is 0 Å². The molecule has 1 aromatic carbocycles. The Morgan fingerprint density at radius 1 is 1.11 bits per heavy atom. The first-order valence-electron chi connectivity index (χ1n) is 9.48. The minimum atomic E-state index is -2.10. The number of carbonyl (C=O) groups is 2. The summed E-state index contributed by atoms with van der Waals surface area (Å²) in [5, 5.41) is 2.79. The van der Waals surface area contributed by atoms with Gasteiger partial charge in [0.2, 0.25) is 11.0 Å². The molecule has 1 N–H and O–H groups in total. The minimum absolute atomic E-state index is 0.0219. The van der Waals surface area contributed by atoms with Gasteiger partial charge >= 0.3 is 0 Å². The summed E-state index contributed by atoms with van der Waals surface area (Å²) in [6.45, 7) is 18.4. The molecule has 2 atom stereocenters. The van der Waals surface area contributed by atoms with Crippen molar-refractivity contribution in [3.63, 3.8) is 0 Å². The molecule has 1 amide bonds. The SMILES string of the molecule is CC(=O)N[C@@H](C(=O)Sc1ccc(C)cc1)[C@@H](O[Si](C)(C)C(C)(C)C)C(C)C. The maximum atomic E-state index is 13.1. The van der Waals surface area contributed by atoms with E-state index in [1.807, 2.05) is 45.0 Å². The van der Waals surface area contributed by atoms with Crippen molar-refractivity contribution in [1.82, 2.24) is 5.32 Å². The Morgan fingerprint density at radius 2 is 1.63 bits per heavy atom. The number of nitrogens with one attached hydrogen (secondary N) is 1. The summed E-state index contributed by atoms with van der Waals surface area (Å²) in [4.78, 5) is 25.8. The summed E-state index contributed by atoms with van der Waals surface area (Å²) in [5.74, 6) is -0.124. The lowest BCUT2D eigenvalue weighted by atomic mass is 10.0. The van der Waals surface area contributed by atoms with Gasteiger partial charge < -0.3 is 9.74 Å². The first kappa shape index (κ1) is 23.9. The van der Waals surface area contributed by atoms with Crippen molar-refractivity contribution in [3.05, 3.63) is 29.8 Å². The molecule has 27 heavy (non-hydrogen) atoms. The van der Waals surface area contributed by atoms with Gasteiger partial charge in [0.1, 0.15) is 6.04 Å². The normalized spacial score (nSPS) is 14.7. The highest BCUT2D eigenvalue weighted by molar-refractivity contribution is 8.13. The van der Waals surface area contributed by atoms with Gasteiger partial charge in [-0.15, -0.1) is 0 Å². The fourth-order valence-corrected chi connectivity index (χ4v) is 4.65. The number of thioether (sulfide) groups is 1.